The summed E-state index contributed by atoms with van der Waals surface area (Å²) in [6.07, 6.45) is -3.84. The summed E-state index contributed by atoms with van der Waals surface area (Å²) in [5.41, 5.74) is 0. The van der Waals surface area contributed by atoms with E-state index < -0.39 is 12.6 Å². The molecule has 0 saturated heterocycles. The fraction of sp³-hybridized carbons (Fsp3) is 0.467. The van der Waals surface area contributed by atoms with Crippen molar-refractivity contribution in [3.05, 3.63) is 35.2 Å². The summed E-state index contributed by atoms with van der Waals surface area (Å²) in [6.45, 7) is 2.75. The number of nitrogens with one attached hydrogen (secondary N) is 1. The number of fused-ring (bicyclic) bond motifs is 1. The third-order valence-electron chi connectivity index (χ3n) is 3.15. The van der Waals surface area contributed by atoms with Gasteiger partial charge in [-0.25, -0.2) is 0 Å². The number of benzene rings is 1. The molecule has 1 aromatic carbocycles. The number of thiophene rings is 1. The van der Waals surface area contributed by atoms with Gasteiger partial charge in [-0.3, -0.25) is 0 Å². The molecule has 0 bridgehead atoms. The quantitative estimate of drug-likeness (QED) is 0.765. The van der Waals surface area contributed by atoms with Gasteiger partial charge >= 0.3 is 6.18 Å². The Hall–Kier alpha value is -1.07. The van der Waals surface area contributed by atoms with Gasteiger partial charge in [0.05, 0.1) is 0 Å². The molecule has 1 heterocycles. The molecule has 5 heteroatoms. The highest BCUT2D eigenvalue weighted by molar-refractivity contribution is 7.19. The molecule has 0 amide bonds. The van der Waals surface area contributed by atoms with Crippen LogP contribution in [0, 0.1) is 0 Å². The summed E-state index contributed by atoms with van der Waals surface area (Å²) >= 11 is 1.58. The molecule has 0 fully saturated rings. The maximum atomic E-state index is 12.4. The Bertz CT molecular complexity index is 514. The van der Waals surface area contributed by atoms with Crippen molar-refractivity contribution in [2.45, 2.75) is 38.4 Å². The Morgan fingerprint density at radius 1 is 1.25 bits per heavy atom. The number of hydrogen-bond acceptors (Lipinski definition) is 2. The van der Waals surface area contributed by atoms with Gasteiger partial charge in [0.25, 0.3) is 0 Å². The van der Waals surface area contributed by atoms with Crippen molar-refractivity contribution in [3.63, 3.8) is 0 Å². The molecule has 0 aliphatic rings. The van der Waals surface area contributed by atoms with Crippen molar-refractivity contribution in [2.24, 2.45) is 0 Å². The largest absolute Gasteiger partial charge is 0.389 e. The fourth-order valence-electron chi connectivity index (χ4n) is 2.15. The number of halogens is 3. The molecule has 1 aromatic heterocycles. The van der Waals surface area contributed by atoms with Crippen molar-refractivity contribution in [2.75, 3.05) is 6.54 Å². The Balaban J connectivity index is 2.16. The smallest absolute Gasteiger partial charge is 0.309 e. The van der Waals surface area contributed by atoms with E-state index in [1.54, 1.807) is 11.3 Å². The lowest BCUT2D eigenvalue weighted by Crippen LogP contribution is -2.23. The molecule has 2 aromatic rings. The van der Waals surface area contributed by atoms with Crippen LogP contribution in [-0.4, -0.2) is 12.7 Å². The highest BCUT2D eigenvalue weighted by Crippen LogP contribution is 2.34. The minimum absolute atomic E-state index is 0.0936. The van der Waals surface area contributed by atoms with Gasteiger partial charge in [-0.15, -0.1) is 11.3 Å². The van der Waals surface area contributed by atoms with Crippen LogP contribution in [0.15, 0.2) is 30.3 Å². The molecule has 0 aliphatic carbocycles. The van der Waals surface area contributed by atoms with E-state index >= 15 is 0 Å². The molecule has 1 N–H and O–H groups in total. The lowest BCUT2D eigenvalue weighted by molar-refractivity contribution is -0.136. The van der Waals surface area contributed by atoms with Gasteiger partial charge in [-0.1, -0.05) is 25.1 Å². The first kappa shape index (κ1) is 15.3. The highest BCUT2D eigenvalue weighted by Gasteiger charge is 2.29. The second-order valence-corrected chi connectivity index (χ2v) is 5.96. The van der Waals surface area contributed by atoms with Crippen molar-refractivity contribution >= 4 is 21.4 Å². The van der Waals surface area contributed by atoms with Crippen LogP contribution in [0.4, 0.5) is 13.2 Å². The maximum absolute atomic E-state index is 12.4. The summed E-state index contributed by atoms with van der Waals surface area (Å²) in [5, 5.41) is 4.33. The van der Waals surface area contributed by atoms with Crippen molar-refractivity contribution in [3.8, 4) is 0 Å². The zero-order valence-electron chi connectivity index (χ0n) is 11.3. The van der Waals surface area contributed by atoms with E-state index in [-0.39, 0.29) is 12.5 Å². The van der Waals surface area contributed by atoms with Crippen LogP contribution < -0.4 is 5.32 Å². The van der Waals surface area contributed by atoms with Crippen molar-refractivity contribution in [1.82, 2.24) is 5.32 Å². The average molecular weight is 301 g/mol. The zero-order valence-corrected chi connectivity index (χ0v) is 12.2. The first-order chi connectivity index (χ1) is 9.49. The molecule has 2 rings (SSSR count). The van der Waals surface area contributed by atoms with Gasteiger partial charge in [-0.2, -0.15) is 13.2 Å². The summed E-state index contributed by atoms with van der Waals surface area (Å²) in [4.78, 5) is 0.990. The first-order valence-corrected chi connectivity index (χ1v) is 7.60. The lowest BCUT2D eigenvalue weighted by Gasteiger charge is -2.18. The molecule has 0 spiro atoms. The maximum Gasteiger partial charge on any atom is 0.389 e. The Kier molecular flexibility index (Phi) is 5.05. The van der Waals surface area contributed by atoms with Gasteiger partial charge in [-0.05, 0) is 36.9 Å². The number of rotatable bonds is 6. The van der Waals surface area contributed by atoms with Crippen LogP contribution in [0.1, 0.15) is 37.1 Å². The SMILES string of the molecule is CCCNC(CCC(F)(F)F)c1cc2ccccc2s1. The molecular formula is C15H18F3NS. The number of hydrogen-bond donors (Lipinski definition) is 1. The van der Waals surface area contributed by atoms with Crippen LogP contribution in [-0.2, 0) is 0 Å². The fourth-order valence-corrected chi connectivity index (χ4v) is 3.32. The van der Waals surface area contributed by atoms with E-state index in [2.05, 4.69) is 5.32 Å². The molecule has 0 radical (unpaired) electrons. The first-order valence-electron chi connectivity index (χ1n) is 6.78. The average Bonchev–Trinajstić information content (AvgIpc) is 2.81. The van der Waals surface area contributed by atoms with Gasteiger partial charge < -0.3 is 5.32 Å². The molecule has 20 heavy (non-hydrogen) atoms. The highest BCUT2D eigenvalue weighted by atomic mass is 32.1. The second-order valence-electron chi connectivity index (χ2n) is 4.85. The van der Waals surface area contributed by atoms with E-state index in [0.29, 0.717) is 0 Å². The summed E-state index contributed by atoms with van der Waals surface area (Å²) in [7, 11) is 0. The van der Waals surface area contributed by atoms with Crippen LogP contribution >= 0.6 is 11.3 Å². The molecule has 110 valence electrons. The second kappa shape index (κ2) is 6.59. The van der Waals surface area contributed by atoms with Crippen molar-refractivity contribution < 1.29 is 13.2 Å². The Morgan fingerprint density at radius 3 is 2.65 bits per heavy atom. The minimum Gasteiger partial charge on any atom is -0.309 e. The third kappa shape index (κ3) is 4.21. The summed E-state index contributed by atoms with van der Waals surface area (Å²) in [6, 6.07) is 9.69. The monoisotopic (exact) mass is 301 g/mol. The topological polar surface area (TPSA) is 12.0 Å². The summed E-state index contributed by atoms with van der Waals surface area (Å²) < 4.78 is 38.4. The van der Waals surface area contributed by atoms with Crippen LogP contribution in [0.3, 0.4) is 0 Å². The van der Waals surface area contributed by atoms with Gasteiger partial charge in [0.2, 0.25) is 0 Å². The van der Waals surface area contributed by atoms with E-state index in [1.165, 1.54) is 0 Å². The molecular weight excluding hydrogens is 283 g/mol. The number of alkyl halides is 3. The standard InChI is InChI=1S/C15H18F3NS/c1-2-9-19-12(7-8-15(16,17)18)14-10-11-5-3-4-6-13(11)20-14/h3-6,10,12,19H,2,7-9H2,1H3. The van der Waals surface area contributed by atoms with E-state index in [9.17, 15) is 13.2 Å². The Morgan fingerprint density at radius 2 is 2.00 bits per heavy atom. The predicted molar refractivity (Wildman–Crippen MR) is 78.1 cm³/mol. The van der Waals surface area contributed by atoms with E-state index in [0.717, 1.165) is 27.9 Å². The summed E-state index contributed by atoms with van der Waals surface area (Å²) in [5.74, 6) is 0. The predicted octanol–water partition coefficient (Wildman–Crippen LogP) is 5.28. The minimum atomic E-state index is -4.09. The molecule has 0 saturated carbocycles. The molecule has 0 aliphatic heterocycles. The Labute approximate surface area is 120 Å². The molecule has 1 unspecified atom stereocenters. The van der Waals surface area contributed by atoms with Crippen LogP contribution in [0.25, 0.3) is 10.1 Å². The lowest BCUT2D eigenvalue weighted by atomic mass is 10.1. The van der Waals surface area contributed by atoms with Gasteiger partial charge in [0, 0.05) is 22.0 Å². The third-order valence-corrected chi connectivity index (χ3v) is 4.38. The molecule has 1 nitrogen and oxygen atoms in total. The van der Waals surface area contributed by atoms with Gasteiger partial charge in [0.15, 0.2) is 0 Å². The van der Waals surface area contributed by atoms with Crippen molar-refractivity contribution in [1.29, 1.82) is 0 Å². The van der Waals surface area contributed by atoms with E-state index in [4.69, 9.17) is 0 Å². The van der Waals surface area contributed by atoms with E-state index in [1.807, 2.05) is 37.3 Å². The van der Waals surface area contributed by atoms with Crippen LogP contribution in [0.2, 0.25) is 0 Å². The molecule has 1 atom stereocenters. The van der Waals surface area contributed by atoms with Gasteiger partial charge in [0.1, 0.15) is 0 Å². The normalized spacial score (nSPS) is 13.8. The zero-order chi connectivity index (χ0) is 14.6. The van der Waals surface area contributed by atoms with Crippen LogP contribution in [0.5, 0.6) is 0 Å².